The Balaban J connectivity index is 1.68. The van der Waals surface area contributed by atoms with E-state index >= 15 is 0 Å². The lowest BCUT2D eigenvalue weighted by Gasteiger charge is -2.07. The average molecular weight is 309 g/mol. The third-order valence-electron chi connectivity index (χ3n) is 3.19. The number of carbonyl (C=O) groups is 1. The molecule has 116 valence electrons. The van der Waals surface area contributed by atoms with E-state index in [4.69, 9.17) is 9.26 Å². The molecule has 2 aromatic carbocycles. The van der Waals surface area contributed by atoms with Crippen molar-refractivity contribution in [1.82, 2.24) is 10.1 Å². The molecule has 0 aliphatic rings. The van der Waals surface area contributed by atoms with Gasteiger partial charge in [-0.15, -0.1) is 0 Å². The van der Waals surface area contributed by atoms with E-state index in [1.807, 2.05) is 19.1 Å². The number of ether oxygens (including phenoxy) is 1. The van der Waals surface area contributed by atoms with Gasteiger partial charge >= 0.3 is 0 Å². The highest BCUT2D eigenvalue weighted by Gasteiger charge is 2.08. The highest BCUT2D eigenvalue weighted by molar-refractivity contribution is 6.04. The molecule has 1 N–H and O–H groups in total. The normalized spacial score (nSPS) is 10.3. The van der Waals surface area contributed by atoms with E-state index < -0.39 is 0 Å². The minimum absolute atomic E-state index is 0.186. The van der Waals surface area contributed by atoms with Crippen molar-refractivity contribution in [2.24, 2.45) is 0 Å². The van der Waals surface area contributed by atoms with E-state index in [0.29, 0.717) is 23.7 Å². The number of amides is 1. The van der Waals surface area contributed by atoms with Crippen LogP contribution in [0.1, 0.15) is 17.3 Å². The summed E-state index contributed by atoms with van der Waals surface area (Å²) in [6.45, 7) is 2.53. The summed E-state index contributed by atoms with van der Waals surface area (Å²) in [7, 11) is 0. The molecule has 6 nitrogen and oxygen atoms in total. The molecule has 0 saturated heterocycles. The Morgan fingerprint density at radius 3 is 2.48 bits per heavy atom. The zero-order valence-corrected chi connectivity index (χ0v) is 12.5. The van der Waals surface area contributed by atoms with Crippen LogP contribution in [0.4, 0.5) is 5.69 Å². The van der Waals surface area contributed by atoms with Crippen LogP contribution in [0.3, 0.4) is 0 Å². The first kappa shape index (κ1) is 14.8. The molecular weight excluding hydrogens is 294 g/mol. The second kappa shape index (κ2) is 6.74. The molecule has 0 unspecified atom stereocenters. The van der Waals surface area contributed by atoms with Crippen molar-refractivity contribution in [3.63, 3.8) is 0 Å². The summed E-state index contributed by atoms with van der Waals surface area (Å²) in [5.41, 5.74) is 2.04. The first-order chi connectivity index (χ1) is 11.3. The third kappa shape index (κ3) is 3.55. The standard InChI is InChI=1S/C17H15N3O3/c1-2-22-15-9-7-14(8-10-15)19-17(21)13-5-3-12(4-6-13)16-18-11-23-20-16/h3-11H,2H2,1H3,(H,19,21). The van der Waals surface area contributed by atoms with Gasteiger partial charge in [0.25, 0.3) is 5.91 Å². The average Bonchev–Trinajstić information content (AvgIpc) is 3.11. The third-order valence-corrected chi connectivity index (χ3v) is 3.19. The summed E-state index contributed by atoms with van der Waals surface area (Å²) in [4.78, 5) is 16.2. The maximum absolute atomic E-state index is 12.2. The summed E-state index contributed by atoms with van der Waals surface area (Å²) >= 11 is 0. The Kier molecular flexibility index (Phi) is 4.33. The summed E-state index contributed by atoms with van der Waals surface area (Å²) < 4.78 is 10.1. The number of anilines is 1. The monoisotopic (exact) mass is 309 g/mol. The quantitative estimate of drug-likeness (QED) is 0.781. The fourth-order valence-corrected chi connectivity index (χ4v) is 2.07. The number of hydrogen-bond donors (Lipinski definition) is 1. The molecule has 23 heavy (non-hydrogen) atoms. The molecule has 0 saturated carbocycles. The molecule has 0 bridgehead atoms. The highest BCUT2D eigenvalue weighted by atomic mass is 16.5. The first-order valence-electron chi connectivity index (χ1n) is 7.17. The van der Waals surface area contributed by atoms with E-state index in [-0.39, 0.29) is 5.91 Å². The number of carbonyl (C=O) groups excluding carboxylic acids is 1. The van der Waals surface area contributed by atoms with Crippen LogP contribution >= 0.6 is 0 Å². The summed E-state index contributed by atoms with van der Waals surface area (Å²) in [6, 6.07) is 14.2. The molecule has 1 amide bonds. The van der Waals surface area contributed by atoms with Crippen molar-refractivity contribution >= 4 is 11.6 Å². The predicted molar refractivity (Wildman–Crippen MR) is 85.3 cm³/mol. The number of hydrogen-bond acceptors (Lipinski definition) is 5. The van der Waals surface area contributed by atoms with Crippen molar-refractivity contribution in [1.29, 1.82) is 0 Å². The fraction of sp³-hybridized carbons (Fsp3) is 0.118. The minimum Gasteiger partial charge on any atom is -0.494 e. The van der Waals surface area contributed by atoms with Gasteiger partial charge in [-0.2, -0.15) is 4.98 Å². The van der Waals surface area contributed by atoms with Gasteiger partial charge in [0, 0.05) is 16.8 Å². The predicted octanol–water partition coefficient (Wildman–Crippen LogP) is 3.39. The van der Waals surface area contributed by atoms with Crippen molar-refractivity contribution in [2.75, 3.05) is 11.9 Å². The lowest BCUT2D eigenvalue weighted by atomic mass is 10.1. The second-order valence-corrected chi connectivity index (χ2v) is 4.74. The van der Waals surface area contributed by atoms with Crippen LogP contribution < -0.4 is 10.1 Å². The number of benzene rings is 2. The molecule has 0 radical (unpaired) electrons. The summed E-state index contributed by atoms with van der Waals surface area (Å²) in [5, 5.41) is 6.59. The molecule has 3 aromatic rings. The maximum Gasteiger partial charge on any atom is 0.255 e. The Labute approximate surface area is 133 Å². The lowest BCUT2D eigenvalue weighted by Crippen LogP contribution is -2.11. The molecule has 1 heterocycles. The van der Waals surface area contributed by atoms with Gasteiger partial charge < -0.3 is 14.6 Å². The van der Waals surface area contributed by atoms with Gasteiger partial charge in [0.2, 0.25) is 12.2 Å². The van der Waals surface area contributed by atoms with E-state index in [0.717, 1.165) is 11.3 Å². The molecular formula is C17H15N3O3. The number of nitrogens with one attached hydrogen (secondary N) is 1. The smallest absolute Gasteiger partial charge is 0.255 e. The van der Waals surface area contributed by atoms with Crippen LogP contribution in [0.15, 0.2) is 59.4 Å². The van der Waals surface area contributed by atoms with Crippen LogP contribution in [-0.2, 0) is 0 Å². The molecule has 3 rings (SSSR count). The van der Waals surface area contributed by atoms with E-state index in [9.17, 15) is 4.79 Å². The van der Waals surface area contributed by atoms with Crippen LogP contribution in [0.25, 0.3) is 11.4 Å². The molecule has 0 aliphatic carbocycles. The Morgan fingerprint density at radius 2 is 1.87 bits per heavy atom. The van der Waals surface area contributed by atoms with Crippen LogP contribution in [-0.4, -0.2) is 22.7 Å². The number of rotatable bonds is 5. The zero-order chi connectivity index (χ0) is 16.1. The topological polar surface area (TPSA) is 77.2 Å². The number of nitrogens with zero attached hydrogens (tertiary/aromatic N) is 2. The molecule has 0 atom stereocenters. The number of aromatic nitrogens is 2. The van der Waals surface area contributed by atoms with Gasteiger partial charge in [-0.05, 0) is 43.3 Å². The van der Waals surface area contributed by atoms with E-state index in [2.05, 4.69) is 15.5 Å². The van der Waals surface area contributed by atoms with Crippen LogP contribution in [0.2, 0.25) is 0 Å². The Hall–Kier alpha value is -3.15. The second-order valence-electron chi connectivity index (χ2n) is 4.74. The van der Waals surface area contributed by atoms with E-state index in [1.165, 1.54) is 6.39 Å². The SMILES string of the molecule is CCOc1ccc(NC(=O)c2ccc(-c3ncon3)cc2)cc1. The molecule has 0 spiro atoms. The van der Waals surface area contributed by atoms with Crippen molar-refractivity contribution in [3.05, 3.63) is 60.5 Å². The summed E-state index contributed by atoms with van der Waals surface area (Å²) in [6.07, 6.45) is 1.27. The van der Waals surface area contributed by atoms with Crippen molar-refractivity contribution in [3.8, 4) is 17.1 Å². The van der Waals surface area contributed by atoms with Crippen molar-refractivity contribution < 1.29 is 14.1 Å². The molecule has 0 fully saturated rings. The lowest BCUT2D eigenvalue weighted by molar-refractivity contribution is 0.102. The van der Waals surface area contributed by atoms with Gasteiger partial charge in [0.15, 0.2) is 0 Å². The van der Waals surface area contributed by atoms with Crippen molar-refractivity contribution in [2.45, 2.75) is 6.92 Å². The molecule has 6 heteroatoms. The zero-order valence-electron chi connectivity index (χ0n) is 12.5. The van der Waals surface area contributed by atoms with Gasteiger partial charge in [-0.25, -0.2) is 0 Å². The van der Waals surface area contributed by atoms with Gasteiger partial charge in [-0.1, -0.05) is 17.3 Å². The molecule has 0 aliphatic heterocycles. The Bertz CT molecular complexity index is 766. The first-order valence-corrected chi connectivity index (χ1v) is 7.17. The fourth-order valence-electron chi connectivity index (χ4n) is 2.07. The van der Waals surface area contributed by atoms with Gasteiger partial charge in [-0.3, -0.25) is 4.79 Å². The Morgan fingerprint density at radius 1 is 1.13 bits per heavy atom. The highest BCUT2D eigenvalue weighted by Crippen LogP contribution is 2.18. The minimum atomic E-state index is -0.186. The largest absolute Gasteiger partial charge is 0.494 e. The molecule has 1 aromatic heterocycles. The van der Waals surface area contributed by atoms with Gasteiger partial charge in [0.1, 0.15) is 5.75 Å². The van der Waals surface area contributed by atoms with E-state index in [1.54, 1.807) is 36.4 Å². The maximum atomic E-state index is 12.2. The van der Waals surface area contributed by atoms with Crippen LogP contribution in [0.5, 0.6) is 5.75 Å². The van der Waals surface area contributed by atoms with Crippen LogP contribution in [0, 0.1) is 0 Å². The van der Waals surface area contributed by atoms with Gasteiger partial charge in [0.05, 0.1) is 6.61 Å². The summed E-state index contributed by atoms with van der Waals surface area (Å²) in [5.74, 6) is 1.08.